The van der Waals surface area contributed by atoms with Crippen molar-refractivity contribution in [2.75, 3.05) is 17.7 Å². The zero-order valence-electron chi connectivity index (χ0n) is 12.7. The van der Waals surface area contributed by atoms with Crippen molar-refractivity contribution in [3.05, 3.63) is 28.8 Å². The number of amides is 1. The minimum absolute atomic E-state index is 0.288. The molecule has 1 aromatic rings. The van der Waals surface area contributed by atoms with Gasteiger partial charge in [0, 0.05) is 11.4 Å². The molecule has 0 spiro atoms. The molecule has 21 heavy (non-hydrogen) atoms. The molecule has 0 bridgehead atoms. The average Bonchev–Trinajstić information content (AvgIpc) is 2.37. The van der Waals surface area contributed by atoms with Gasteiger partial charge in [0.2, 0.25) is 10.7 Å². The molecule has 5 nitrogen and oxygen atoms in total. The van der Waals surface area contributed by atoms with Crippen molar-refractivity contribution in [1.29, 1.82) is 0 Å². The fourth-order valence-electron chi connectivity index (χ4n) is 2.51. The lowest BCUT2D eigenvalue weighted by atomic mass is 10.0. The lowest BCUT2D eigenvalue weighted by molar-refractivity contribution is -0.252. The van der Waals surface area contributed by atoms with Crippen LogP contribution >= 0.6 is 11.8 Å². The van der Waals surface area contributed by atoms with E-state index in [0.717, 1.165) is 28.5 Å². The summed E-state index contributed by atoms with van der Waals surface area (Å²) in [5.74, 6) is -2.16. The number of carbonyl (C=O) groups excluding carboxylic acids is 1. The first-order valence-corrected chi connectivity index (χ1v) is 7.78. The predicted octanol–water partition coefficient (Wildman–Crippen LogP) is 1.71. The van der Waals surface area contributed by atoms with E-state index in [0.29, 0.717) is 11.4 Å². The second kappa shape index (κ2) is 5.61. The minimum atomic E-state index is -2.03. The standard InChI is InChI=1S/C15H21NO4S/c1-9-7-10(2)12(11(3)8-9)16-13(17)15(19)14(4,18)20-5-6-21-15/h7-8,18-19H,5-6H2,1-4H3,(H,16,17)/t14-,15+/m1/s1. The summed E-state index contributed by atoms with van der Waals surface area (Å²) in [7, 11) is 0. The highest BCUT2D eigenvalue weighted by atomic mass is 32.2. The van der Waals surface area contributed by atoms with Gasteiger partial charge in [-0.1, -0.05) is 17.7 Å². The molecule has 1 heterocycles. The Hall–Kier alpha value is -1.08. The Bertz CT molecular complexity index is 550. The van der Waals surface area contributed by atoms with Gasteiger partial charge in [-0.15, -0.1) is 11.8 Å². The second-order valence-electron chi connectivity index (χ2n) is 5.55. The van der Waals surface area contributed by atoms with Crippen molar-refractivity contribution >= 4 is 23.4 Å². The third kappa shape index (κ3) is 2.94. The van der Waals surface area contributed by atoms with Crippen LogP contribution < -0.4 is 5.32 Å². The third-order valence-electron chi connectivity index (χ3n) is 3.63. The molecule has 116 valence electrons. The first-order chi connectivity index (χ1) is 9.67. The molecule has 2 rings (SSSR count). The van der Waals surface area contributed by atoms with Crippen LogP contribution in [-0.4, -0.2) is 39.2 Å². The Kier molecular flexibility index (Phi) is 4.35. The molecule has 1 fully saturated rings. The average molecular weight is 311 g/mol. The molecular formula is C15H21NO4S. The van der Waals surface area contributed by atoms with Crippen molar-refractivity contribution < 1.29 is 19.7 Å². The normalized spacial score (nSPS) is 29.2. The van der Waals surface area contributed by atoms with Gasteiger partial charge in [-0.3, -0.25) is 4.79 Å². The summed E-state index contributed by atoms with van der Waals surface area (Å²) in [5, 5.41) is 23.4. The molecule has 6 heteroatoms. The Balaban J connectivity index is 2.30. The van der Waals surface area contributed by atoms with Crippen LogP contribution in [0.3, 0.4) is 0 Å². The first kappa shape index (κ1) is 16.3. The van der Waals surface area contributed by atoms with E-state index in [-0.39, 0.29) is 6.61 Å². The number of hydrogen-bond acceptors (Lipinski definition) is 5. The Labute approximate surface area is 128 Å². The molecule has 1 aliphatic heterocycles. The molecule has 3 N–H and O–H groups in total. The van der Waals surface area contributed by atoms with Gasteiger partial charge < -0.3 is 20.3 Å². The van der Waals surface area contributed by atoms with Gasteiger partial charge in [0.1, 0.15) is 0 Å². The maximum atomic E-state index is 12.5. The van der Waals surface area contributed by atoms with Crippen LogP contribution in [0, 0.1) is 20.8 Å². The molecular weight excluding hydrogens is 290 g/mol. The maximum Gasteiger partial charge on any atom is 0.272 e. The summed E-state index contributed by atoms with van der Waals surface area (Å²) in [6, 6.07) is 3.91. The fraction of sp³-hybridized carbons (Fsp3) is 0.533. The summed E-state index contributed by atoms with van der Waals surface area (Å²) in [6.07, 6.45) is 0. The quantitative estimate of drug-likeness (QED) is 0.775. The first-order valence-electron chi connectivity index (χ1n) is 6.79. The number of carbonyl (C=O) groups is 1. The summed E-state index contributed by atoms with van der Waals surface area (Å²) < 4.78 is 5.14. The van der Waals surface area contributed by atoms with Crippen LogP contribution in [0.5, 0.6) is 0 Å². The van der Waals surface area contributed by atoms with Crippen LogP contribution in [0.4, 0.5) is 5.69 Å². The number of thioether (sulfide) groups is 1. The molecule has 1 aromatic carbocycles. The smallest absolute Gasteiger partial charge is 0.272 e. The molecule has 2 atom stereocenters. The monoisotopic (exact) mass is 311 g/mol. The van der Waals surface area contributed by atoms with Crippen LogP contribution in [0.2, 0.25) is 0 Å². The van der Waals surface area contributed by atoms with Crippen LogP contribution in [-0.2, 0) is 9.53 Å². The molecule has 1 saturated heterocycles. The van der Waals surface area contributed by atoms with Crippen LogP contribution in [0.25, 0.3) is 0 Å². The number of anilines is 1. The zero-order valence-corrected chi connectivity index (χ0v) is 13.5. The Morgan fingerprint density at radius 2 is 1.86 bits per heavy atom. The highest BCUT2D eigenvalue weighted by Crippen LogP contribution is 2.39. The molecule has 0 unspecified atom stereocenters. The van der Waals surface area contributed by atoms with Gasteiger partial charge >= 0.3 is 0 Å². The SMILES string of the molecule is Cc1cc(C)c(NC(=O)[C@]2(O)SCCO[C@@]2(C)O)c(C)c1. The minimum Gasteiger partial charge on any atom is -0.367 e. The fourth-order valence-corrected chi connectivity index (χ4v) is 3.48. The zero-order chi connectivity index (χ0) is 15.8. The van der Waals surface area contributed by atoms with E-state index >= 15 is 0 Å². The summed E-state index contributed by atoms with van der Waals surface area (Å²) in [5.41, 5.74) is 3.57. The summed E-state index contributed by atoms with van der Waals surface area (Å²) >= 11 is 0.983. The van der Waals surface area contributed by atoms with Crippen molar-refractivity contribution in [2.24, 2.45) is 0 Å². The van der Waals surface area contributed by atoms with E-state index < -0.39 is 16.6 Å². The lowest BCUT2D eigenvalue weighted by Crippen LogP contribution is -2.61. The summed E-state index contributed by atoms with van der Waals surface area (Å²) in [4.78, 5) is 10.4. The van der Waals surface area contributed by atoms with E-state index in [1.165, 1.54) is 6.92 Å². The molecule has 0 saturated carbocycles. The third-order valence-corrected chi connectivity index (χ3v) is 4.98. The second-order valence-corrected chi connectivity index (χ2v) is 6.84. The van der Waals surface area contributed by atoms with Crippen LogP contribution in [0.15, 0.2) is 12.1 Å². The molecule has 0 radical (unpaired) electrons. The van der Waals surface area contributed by atoms with E-state index in [2.05, 4.69) is 5.32 Å². The Morgan fingerprint density at radius 3 is 2.38 bits per heavy atom. The highest BCUT2D eigenvalue weighted by molar-refractivity contribution is 8.01. The van der Waals surface area contributed by atoms with Gasteiger partial charge in [0.15, 0.2) is 0 Å². The predicted molar refractivity (Wildman–Crippen MR) is 83.3 cm³/mol. The van der Waals surface area contributed by atoms with E-state index in [9.17, 15) is 15.0 Å². The molecule has 1 aliphatic rings. The van der Waals surface area contributed by atoms with Gasteiger partial charge in [0.05, 0.1) is 6.61 Å². The van der Waals surface area contributed by atoms with Gasteiger partial charge in [-0.2, -0.15) is 0 Å². The van der Waals surface area contributed by atoms with Crippen molar-refractivity contribution in [1.82, 2.24) is 0 Å². The number of aryl methyl sites for hydroxylation is 3. The maximum absolute atomic E-state index is 12.5. The summed E-state index contributed by atoms with van der Waals surface area (Å²) in [6.45, 7) is 7.35. The Morgan fingerprint density at radius 1 is 1.29 bits per heavy atom. The number of nitrogens with one attached hydrogen (secondary N) is 1. The number of hydrogen-bond donors (Lipinski definition) is 3. The van der Waals surface area contributed by atoms with Gasteiger partial charge in [0.25, 0.3) is 5.91 Å². The topological polar surface area (TPSA) is 78.8 Å². The van der Waals surface area contributed by atoms with Crippen LogP contribution in [0.1, 0.15) is 23.6 Å². The number of benzene rings is 1. The van der Waals surface area contributed by atoms with Gasteiger partial charge in [-0.05, 0) is 38.8 Å². The van der Waals surface area contributed by atoms with Crippen molar-refractivity contribution in [3.8, 4) is 0 Å². The van der Waals surface area contributed by atoms with E-state index in [1.54, 1.807) is 0 Å². The highest BCUT2D eigenvalue weighted by Gasteiger charge is 2.56. The molecule has 0 aromatic heterocycles. The molecule has 0 aliphatic carbocycles. The number of aliphatic hydroxyl groups is 2. The lowest BCUT2D eigenvalue weighted by Gasteiger charge is -2.42. The number of rotatable bonds is 2. The van der Waals surface area contributed by atoms with E-state index in [4.69, 9.17) is 4.74 Å². The molecule has 1 amide bonds. The number of ether oxygens (including phenoxy) is 1. The van der Waals surface area contributed by atoms with Crippen molar-refractivity contribution in [3.63, 3.8) is 0 Å². The van der Waals surface area contributed by atoms with E-state index in [1.807, 2.05) is 32.9 Å². The van der Waals surface area contributed by atoms with Gasteiger partial charge in [-0.25, -0.2) is 0 Å². The largest absolute Gasteiger partial charge is 0.367 e. The van der Waals surface area contributed by atoms with Crippen molar-refractivity contribution in [2.45, 2.75) is 38.4 Å².